The van der Waals surface area contributed by atoms with E-state index in [0.717, 1.165) is 57.2 Å². The minimum Gasteiger partial charge on any atom is -0.434 e. The molecule has 2 aromatic rings. The number of guanidine groups is 1. The first-order chi connectivity index (χ1) is 15.5. The highest BCUT2D eigenvalue weighted by Crippen LogP contribution is 2.22. The number of ether oxygens (including phenoxy) is 1. The number of rotatable bonds is 9. The fourth-order valence-corrected chi connectivity index (χ4v) is 3.59. The van der Waals surface area contributed by atoms with Gasteiger partial charge in [-0.3, -0.25) is 9.89 Å². The first-order valence-electron chi connectivity index (χ1n) is 10.8. The van der Waals surface area contributed by atoms with Gasteiger partial charge in [-0.1, -0.05) is 17.7 Å². The average Bonchev–Trinajstić information content (AvgIpc) is 2.81. The molecule has 1 aliphatic heterocycles. The van der Waals surface area contributed by atoms with Crippen molar-refractivity contribution in [1.29, 1.82) is 0 Å². The Bertz CT molecular complexity index is 859. The van der Waals surface area contributed by atoms with Crippen LogP contribution in [0.15, 0.2) is 41.7 Å². The third kappa shape index (κ3) is 7.30. The molecule has 0 amide bonds. The molecule has 3 rings (SSSR count). The van der Waals surface area contributed by atoms with E-state index in [1.807, 2.05) is 19.1 Å². The molecule has 0 atom stereocenters. The molecular weight excluding hydrogens is 416 g/mol. The first kappa shape index (κ1) is 23.6. The Morgan fingerprint density at radius 2 is 1.91 bits per heavy atom. The van der Waals surface area contributed by atoms with Crippen molar-refractivity contribution >= 4 is 11.9 Å². The molecule has 1 aromatic carbocycles. The Labute approximate surface area is 187 Å². The molecule has 0 saturated carbocycles. The molecule has 1 aliphatic rings. The minimum absolute atomic E-state index is 0.175. The second kappa shape index (κ2) is 12.1. The molecule has 2 heterocycles. The van der Waals surface area contributed by atoms with Crippen molar-refractivity contribution in [2.24, 2.45) is 4.99 Å². The van der Waals surface area contributed by atoms with Gasteiger partial charge in [0.05, 0.1) is 0 Å². The Balaban J connectivity index is 1.36. The number of aliphatic imine (C=N–C) groups is 1. The van der Waals surface area contributed by atoms with E-state index >= 15 is 0 Å². The van der Waals surface area contributed by atoms with Gasteiger partial charge in [-0.15, -0.1) is 0 Å². The Kier molecular flexibility index (Phi) is 8.97. The van der Waals surface area contributed by atoms with Crippen molar-refractivity contribution in [3.05, 3.63) is 47.8 Å². The van der Waals surface area contributed by atoms with Gasteiger partial charge in [0.2, 0.25) is 5.95 Å². The van der Waals surface area contributed by atoms with Gasteiger partial charge in [0.1, 0.15) is 5.75 Å². The maximum absolute atomic E-state index is 12.6. The predicted octanol–water partition coefficient (Wildman–Crippen LogP) is 2.26. The number of halogens is 2. The zero-order chi connectivity index (χ0) is 22.8. The van der Waals surface area contributed by atoms with Crippen LogP contribution in [0.4, 0.5) is 14.7 Å². The summed E-state index contributed by atoms with van der Waals surface area (Å²) in [5.41, 5.74) is 1.64. The van der Waals surface area contributed by atoms with Crippen LogP contribution in [0.2, 0.25) is 0 Å². The SMILES string of the molecule is CN=C(NCCCN1CCN(c2ncccn2)CC1)NCc1cc(C)ccc1OC(F)F. The number of aryl methyl sites for hydroxylation is 1. The van der Waals surface area contributed by atoms with E-state index in [2.05, 4.69) is 40.1 Å². The summed E-state index contributed by atoms with van der Waals surface area (Å²) in [7, 11) is 1.69. The van der Waals surface area contributed by atoms with Gasteiger partial charge in [0, 0.05) is 64.3 Å². The lowest BCUT2D eigenvalue weighted by molar-refractivity contribution is -0.0504. The van der Waals surface area contributed by atoms with Gasteiger partial charge < -0.3 is 20.3 Å². The summed E-state index contributed by atoms with van der Waals surface area (Å²) in [5, 5.41) is 6.45. The number of anilines is 1. The molecule has 8 nitrogen and oxygen atoms in total. The van der Waals surface area contributed by atoms with E-state index in [9.17, 15) is 8.78 Å². The van der Waals surface area contributed by atoms with Crippen LogP contribution in [0.5, 0.6) is 5.75 Å². The second-order valence-corrected chi connectivity index (χ2v) is 7.57. The highest BCUT2D eigenvalue weighted by Gasteiger charge is 2.18. The summed E-state index contributed by atoms with van der Waals surface area (Å²) in [6.45, 7) is 4.93. The van der Waals surface area contributed by atoms with Gasteiger partial charge in [-0.25, -0.2) is 9.97 Å². The molecule has 174 valence electrons. The molecule has 32 heavy (non-hydrogen) atoms. The quantitative estimate of drug-likeness (QED) is 0.347. The van der Waals surface area contributed by atoms with Crippen LogP contribution in [0.25, 0.3) is 0 Å². The number of nitrogens with zero attached hydrogens (tertiary/aromatic N) is 5. The minimum atomic E-state index is -2.85. The van der Waals surface area contributed by atoms with Gasteiger partial charge in [0.25, 0.3) is 0 Å². The van der Waals surface area contributed by atoms with E-state index in [4.69, 9.17) is 0 Å². The highest BCUT2D eigenvalue weighted by atomic mass is 19.3. The lowest BCUT2D eigenvalue weighted by Crippen LogP contribution is -2.47. The van der Waals surface area contributed by atoms with Gasteiger partial charge >= 0.3 is 6.61 Å². The van der Waals surface area contributed by atoms with Gasteiger partial charge in [0.15, 0.2) is 5.96 Å². The topological polar surface area (TPSA) is 77.9 Å². The van der Waals surface area contributed by atoms with Crippen molar-refractivity contribution < 1.29 is 13.5 Å². The summed E-state index contributed by atoms with van der Waals surface area (Å²) < 4.78 is 29.9. The number of alkyl halides is 2. The Morgan fingerprint density at radius 3 is 2.59 bits per heavy atom. The lowest BCUT2D eigenvalue weighted by atomic mass is 10.1. The van der Waals surface area contributed by atoms with E-state index < -0.39 is 6.61 Å². The summed E-state index contributed by atoms with van der Waals surface area (Å²) in [6, 6.07) is 6.98. The average molecular weight is 448 g/mol. The summed E-state index contributed by atoms with van der Waals surface area (Å²) in [5.74, 6) is 1.59. The lowest BCUT2D eigenvalue weighted by Gasteiger charge is -2.34. The van der Waals surface area contributed by atoms with Crippen molar-refractivity contribution in [2.45, 2.75) is 26.5 Å². The van der Waals surface area contributed by atoms with Crippen molar-refractivity contribution in [3.63, 3.8) is 0 Å². The molecule has 1 fully saturated rings. The highest BCUT2D eigenvalue weighted by molar-refractivity contribution is 5.79. The smallest absolute Gasteiger partial charge is 0.387 e. The van der Waals surface area contributed by atoms with E-state index in [-0.39, 0.29) is 5.75 Å². The predicted molar refractivity (Wildman–Crippen MR) is 121 cm³/mol. The third-order valence-corrected chi connectivity index (χ3v) is 5.25. The molecule has 0 aliphatic carbocycles. The first-order valence-corrected chi connectivity index (χ1v) is 10.8. The molecular formula is C22H31F2N7O. The zero-order valence-corrected chi connectivity index (χ0v) is 18.6. The molecule has 1 saturated heterocycles. The normalized spacial score (nSPS) is 15.2. The monoisotopic (exact) mass is 447 g/mol. The van der Waals surface area contributed by atoms with Crippen molar-refractivity contribution in [2.75, 3.05) is 51.2 Å². The van der Waals surface area contributed by atoms with Gasteiger partial charge in [-0.2, -0.15) is 8.78 Å². The van der Waals surface area contributed by atoms with Crippen LogP contribution >= 0.6 is 0 Å². The standard InChI is InChI=1S/C22H31F2N7O/c1-17-5-6-19(32-20(23)24)18(15-17)16-29-21(25-2)26-9-4-10-30-11-13-31(14-12-30)22-27-7-3-8-28-22/h3,5-8,15,20H,4,9-14,16H2,1-2H3,(H2,25,26,29). The van der Waals surface area contributed by atoms with E-state index in [0.29, 0.717) is 18.1 Å². The van der Waals surface area contributed by atoms with Crippen molar-refractivity contribution in [1.82, 2.24) is 25.5 Å². The fraction of sp³-hybridized carbons (Fsp3) is 0.500. The maximum Gasteiger partial charge on any atom is 0.387 e. The van der Waals surface area contributed by atoms with E-state index in [1.54, 1.807) is 31.6 Å². The largest absolute Gasteiger partial charge is 0.434 e. The Hall–Kier alpha value is -3.01. The van der Waals surface area contributed by atoms with Crippen molar-refractivity contribution in [3.8, 4) is 5.75 Å². The number of aromatic nitrogens is 2. The number of benzene rings is 1. The number of hydrogen-bond acceptors (Lipinski definition) is 6. The molecule has 0 bridgehead atoms. The summed E-state index contributed by atoms with van der Waals surface area (Å²) in [4.78, 5) is 17.5. The van der Waals surface area contributed by atoms with Crippen LogP contribution in [-0.2, 0) is 6.54 Å². The summed E-state index contributed by atoms with van der Waals surface area (Å²) >= 11 is 0. The number of piperazine rings is 1. The van der Waals surface area contributed by atoms with Gasteiger partial charge in [-0.05, 0) is 32.0 Å². The van der Waals surface area contributed by atoms with Crippen LogP contribution in [0.3, 0.4) is 0 Å². The molecule has 10 heteroatoms. The summed E-state index contributed by atoms with van der Waals surface area (Å²) in [6.07, 6.45) is 4.51. The molecule has 0 unspecified atom stereocenters. The second-order valence-electron chi connectivity index (χ2n) is 7.57. The van der Waals surface area contributed by atoms with Crippen LogP contribution in [0.1, 0.15) is 17.5 Å². The third-order valence-electron chi connectivity index (χ3n) is 5.25. The van der Waals surface area contributed by atoms with Crippen LogP contribution in [-0.4, -0.2) is 73.8 Å². The molecule has 2 N–H and O–H groups in total. The van der Waals surface area contributed by atoms with Crippen LogP contribution < -0.4 is 20.3 Å². The number of hydrogen-bond donors (Lipinski definition) is 2. The molecule has 0 radical (unpaired) electrons. The number of nitrogens with one attached hydrogen (secondary N) is 2. The zero-order valence-electron chi connectivity index (χ0n) is 18.6. The molecule has 0 spiro atoms. The maximum atomic E-state index is 12.6. The Morgan fingerprint density at radius 1 is 1.16 bits per heavy atom. The fourth-order valence-electron chi connectivity index (χ4n) is 3.59. The van der Waals surface area contributed by atoms with Crippen LogP contribution in [0, 0.1) is 6.92 Å². The molecule has 1 aromatic heterocycles. The van der Waals surface area contributed by atoms with E-state index in [1.165, 1.54) is 0 Å².